The Kier molecular flexibility index (Phi) is 7.51. The zero-order valence-electron chi connectivity index (χ0n) is 28.8. The number of allylic oxidation sites excluding steroid dienone is 3. The van der Waals surface area contributed by atoms with Crippen molar-refractivity contribution >= 4 is 17.1 Å². The van der Waals surface area contributed by atoms with Crippen LogP contribution in [-0.4, -0.2) is 0 Å². The van der Waals surface area contributed by atoms with E-state index in [0.717, 1.165) is 45.3 Å². The fourth-order valence-corrected chi connectivity index (χ4v) is 8.32. The van der Waals surface area contributed by atoms with Crippen LogP contribution in [0.15, 0.2) is 199 Å². The van der Waals surface area contributed by atoms with Gasteiger partial charge in [-0.1, -0.05) is 146 Å². The summed E-state index contributed by atoms with van der Waals surface area (Å²) >= 11 is 0. The summed E-state index contributed by atoms with van der Waals surface area (Å²) in [5.74, 6) is 1.77. The molecule has 7 aromatic rings. The minimum Gasteiger partial charge on any atom is -0.457 e. The summed E-state index contributed by atoms with van der Waals surface area (Å²) in [6.45, 7) is 4.21. The van der Waals surface area contributed by atoms with Crippen LogP contribution in [0.2, 0.25) is 0 Å². The van der Waals surface area contributed by atoms with Crippen molar-refractivity contribution < 1.29 is 4.74 Å². The van der Waals surface area contributed by atoms with E-state index in [0.29, 0.717) is 0 Å². The number of ether oxygens (including phenoxy) is 1. The summed E-state index contributed by atoms with van der Waals surface area (Å²) in [5.41, 5.74) is 14.8. The van der Waals surface area contributed by atoms with Gasteiger partial charge in [0.05, 0.1) is 11.1 Å². The van der Waals surface area contributed by atoms with Crippen LogP contribution in [0.1, 0.15) is 30.5 Å². The Balaban J connectivity index is 1.32. The summed E-state index contributed by atoms with van der Waals surface area (Å²) in [7, 11) is 0. The highest BCUT2D eigenvalue weighted by Crippen LogP contribution is 2.62. The Morgan fingerprint density at radius 3 is 1.61 bits per heavy atom. The Labute approximate surface area is 300 Å². The van der Waals surface area contributed by atoms with Crippen LogP contribution >= 0.6 is 0 Å². The maximum absolute atomic E-state index is 6.78. The average Bonchev–Trinajstić information content (AvgIpc) is 3.49. The second-order valence-corrected chi connectivity index (χ2v) is 13.1. The van der Waals surface area contributed by atoms with E-state index in [9.17, 15) is 0 Å². The lowest BCUT2D eigenvalue weighted by atomic mass is 9.65. The van der Waals surface area contributed by atoms with Crippen LogP contribution in [0.4, 0.5) is 17.1 Å². The second kappa shape index (κ2) is 12.5. The molecule has 1 aliphatic carbocycles. The molecule has 0 radical (unpaired) electrons. The second-order valence-electron chi connectivity index (χ2n) is 13.1. The molecule has 244 valence electrons. The molecule has 51 heavy (non-hydrogen) atoms. The van der Waals surface area contributed by atoms with E-state index in [2.05, 4.69) is 207 Å². The van der Waals surface area contributed by atoms with Crippen molar-refractivity contribution in [3.63, 3.8) is 0 Å². The van der Waals surface area contributed by atoms with E-state index in [-0.39, 0.29) is 0 Å². The largest absolute Gasteiger partial charge is 0.457 e. The first-order valence-electron chi connectivity index (χ1n) is 17.7. The normalized spacial score (nSPS) is 15.3. The van der Waals surface area contributed by atoms with Crippen LogP contribution in [0.3, 0.4) is 0 Å². The molecule has 9 rings (SSSR count). The minimum atomic E-state index is -0.546. The third-order valence-corrected chi connectivity index (χ3v) is 10.5. The summed E-state index contributed by atoms with van der Waals surface area (Å²) < 4.78 is 6.78. The molecule has 0 amide bonds. The number of para-hydroxylation sites is 1. The highest BCUT2D eigenvalue weighted by atomic mass is 16.5. The maximum atomic E-state index is 6.78. The van der Waals surface area contributed by atoms with Crippen molar-refractivity contribution in [1.82, 2.24) is 0 Å². The topological polar surface area (TPSA) is 12.5 Å². The molecule has 0 N–H and O–H groups in total. The molecule has 0 saturated carbocycles. The van der Waals surface area contributed by atoms with Crippen LogP contribution in [0.25, 0.3) is 33.4 Å². The Morgan fingerprint density at radius 2 is 0.980 bits per heavy atom. The fourth-order valence-electron chi connectivity index (χ4n) is 8.32. The third-order valence-electron chi connectivity index (χ3n) is 10.5. The van der Waals surface area contributed by atoms with Gasteiger partial charge in [-0.2, -0.15) is 0 Å². The van der Waals surface area contributed by atoms with Gasteiger partial charge < -0.3 is 9.64 Å². The standard InChI is InChI=1S/C49H37NO/c1-3-42-47(4-2)51-48-32-31-38(33-45(48)49(42)43-24-14-11-22-40(43)41-23-12-15-25-44(41)49)50(37-29-27-35(28-30-37)34-17-7-5-8-18-34)46-26-16-13-21-39(46)36-19-9-6-10-20-36/h3-33H,1-2H3/b42-3?,47-4+. The highest BCUT2D eigenvalue weighted by molar-refractivity contribution is 5.92. The molecule has 1 spiro atoms. The number of anilines is 3. The average molecular weight is 656 g/mol. The van der Waals surface area contributed by atoms with Gasteiger partial charge in [0, 0.05) is 28.1 Å². The summed E-state index contributed by atoms with van der Waals surface area (Å²) in [6, 6.07) is 63.4. The number of hydrogen-bond acceptors (Lipinski definition) is 2. The number of fused-ring (bicyclic) bond motifs is 7. The van der Waals surface area contributed by atoms with Crippen LogP contribution in [-0.2, 0) is 5.41 Å². The Morgan fingerprint density at radius 1 is 0.451 bits per heavy atom. The van der Waals surface area contributed by atoms with Gasteiger partial charge in [0.15, 0.2) is 0 Å². The van der Waals surface area contributed by atoms with E-state index in [1.54, 1.807) is 0 Å². The van der Waals surface area contributed by atoms with Crippen LogP contribution in [0, 0.1) is 0 Å². The van der Waals surface area contributed by atoms with E-state index < -0.39 is 5.41 Å². The fraction of sp³-hybridized carbons (Fsp3) is 0.0612. The van der Waals surface area contributed by atoms with Gasteiger partial charge in [-0.05, 0) is 95.3 Å². The number of rotatable bonds is 5. The van der Waals surface area contributed by atoms with Crippen molar-refractivity contribution in [3.8, 4) is 39.1 Å². The molecule has 0 saturated heterocycles. The van der Waals surface area contributed by atoms with E-state index in [4.69, 9.17) is 4.74 Å². The SMILES string of the molecule is CC=C1/C(=C\C)Oc2ccc(N(c3ccc(-c4ccccc4)cc3)c3ccccc3-c3ccccc3)cc2C12c1ccccc1-c1ccccc12. The van der Waals surface area contributed by atoms with Gasteiger partial charge in [0.25, 0.3) is 0 Å². The molecule has 0 fully saturated rings. The monoisotopic (exact) mass is 655 g/mol. The zero-order chi connectivity index (χ0) is 34.4. The zero-order valence-corrected chi connectivity index (χ0v) is 28.8. The predicted octanol–water partition coefficient (Wildman–Crippen LogP) is 13.0. The molecular weight excluding hydrogens is 619 g/mol. The predicted molar refractivity (Wildman–Crippen MR) is 212 cm³/mol. The first-order chi connectivity index (χ1) is 25.2. The molecule has 2 heteroatoms. The lowest BCUT2D eigenvalue weighted by Crippen LogP contribution is -2.35. The van der Waals surface area contributed by atoms with Crippen molar-refractivity contribution in [2.45, 2.75) is 19.3 Å². The number of hydrogen-bond donors (Lipinski definition) is 0. The molecule has 7 aromatic carbocycles. The smallest absolute Gasteiger partial charge is 0.132 e. The summed E-state index contributed by atoms with van der Waals surface area (Å²) in [6.07, 6.45) is 4.35. The Hall–Kier alpha value is -6.38. The van der Waals surface area contributed by atoms with Gasteiger partial charge in [-0.25, -0.2) is 0 Å². The maximum Gasteiger partial charge on any atom is 0.132 e. The van der Waals surface area contributed by atoms with Crippen molar-refractivity contribution in [2.24, 2.45) is 0 Å². The molecule has 1 aliphatic heterocycles. The van der Waals surface area contributed by atoms with Crippen molar-refractivity contribution in [2.75, 3.05) is 4.90 Å². The van der Waals surface area contributed by atoms with Gasteiger partial charge in [-0.15, -0.1) is 0 Å². The first kappa shape index (κ1) is 30.7. The van der Waals surface area contributed by atoms with Gasteiger partial charge in [0.1, 0.15) is 11.5 Å². The van der Waals surface area contributed by atoms with E-state index in [1.807, 2.05) is 0 Å². The molecule has 0 bridgehead atoms. The van der Waals surface area contributed by atoms with E-state index in [1.165, 1.54) is 38.9 Å². The summed E-state index contributed by atoms with van der Waals surface area (Å²) in [4.78, 5) is 2.40. The van der Waals surface area contributed by atoms with E-state index >= 15 is 0 Å². The Bertz CT molecular complexity index is 2410. The van der Waals surface area contributed by atoms with Crippen LogP contribution in [0.5, 0.6) is 5.75 Å². The first-order valence-corrected chi connectivity index (χ1v) is 17.7. The van der Waals surface area contributed by atoms with Gasteiger partial charge >= 0.3 is 0 Å². The highest BCUT2D eigenvalue weighted by Gasteiger charge is 2.52. The van der Waals surface area contributed by atoms with Crippen molar-refractivity contribution in [1.29, 1.82) is 0 Å². The lowest BCUT2D eigenvalue weighted by molar-refractivity contribution is 0.388. The quantitative estimate of drug-likeness (QED) is 0.183. The number of nitrogens with zero attached hydrogens (tertiary/aromatic N) is 1. The molecule has 0 aromatic heterocycles. The molecule has 0 atom stereocenters. The minimum absolute atomic E-state index is 0.546. The molecular formula is C49H37NO. The number of benzene rings is 7. The summed E-state index contributed by atoms with van der Waals surface area (Å²) in [5, 5.41) is 0. The van der Waals surface area contributed by atoms with Gasteiger partial charge in [0.2, 0.25) is 0 Å². The molecule has 1 heterocycles. The molecule has 2 nitrogen and oxygen atoms in total. The van der Waals surface area contributed by atoms with Crippen molar-refractivity contribution in [3.05, 3.63) is 216 Å². The molecule has 2 aliphatic rings. The lowest BCUT2D eigenvalue weighted by Gasteiger charge is -2.42. The molecule has 0 unspecified atom stereocenters. The van der Waals surface area contributed by atoms with Crippen LogP contribution < -0.4 is 9.64 Å². The van der Waals surface area contributed by atoms with Gasteiger partial charge in [-0.3, -0.25) is 0 Å². The third kappa shape index (κ3) is 4.79.